The molecule has 0 aliphatic carbocycles. The predicted octanol–water partition coefficient (Wildman–Crippen LogP) is 0.380. The summed E-state index contributed by atoms with van der Waals surface area (Å²) in [7, 11) is 1.59. The largest absolute Gasteiger partial charge is 0.358 e. The summed E-state index contributed by atoms with van der Waals surface area (Å²) >= 11 is 1.32. The minimum absolute atomic E-state index is 0.00625. The molecule has 5 heteroatoms. The van der Waals surface area contributed by atoms with E-state index in [0.717, 1.165) is 6.42 Å². The molecular weight excluding hydrogens is 200 g/mol. The van der Waals surface area contributed by atoms with Crippen LogP contribution in [-0.4, -0.2) is 36.4 Å². The molecule has 0 spiro atoms. The highest BCUT2D eigenvalue weighted by Gasteiger charge is 2.06. The van der Waals surface area contributed by atoms with Gasteiger partial charge in [-0.3, -0.25) is 9.59 Å². The fraction of sp³-hybridized carbons (Fsp3) is 0.778. The Morgan fingerprint density at radius 2 is 1.86 bits per heavy atom. The van der Waals surface area contributed by atoms with Crippen LogP contribution in [0.2, 0.25) is 0 Å². The molecule has 2 N–H and O–H groups in total. The summed E-state index contributed by atoms with van der Waals surface area (Å²) < 4.78 is 0. The highest BCUT2D eigenvalue weighted by atomic mass is 32.2. The van der Waals surface area contributed by atoms with Gasteiger partial charge in [-0.15, -0.1) is 11.8 Å². The van der Waals surface area contributed by atoms with Crippen molar-refractivity contribution in [2.24, 2.45) is 0 Å². The smallest absolute Gasteiger partial charge is 0.230 e. The fourth-order valence-electron chi connectivity index (χ4n) is 0.727. The van der Waals surface area contributed by atoms with Crippen molar-refractivity contribution < 1.29 is 9.59 Å². The van der Waals surface area contributed by atoms with Gasteiger partial charge in [-0.25, -0.2) is 0 Å². The summed E-state index contributed by atoms with van der Waals surface area (Å²) in [4.78, 5) is 22.0. The van der Waals surface area contributed by atoms with Gasteiger partial charge in [0.05, 0.1) is 11.5 Å². The van der Waals surface area contributed by atoms with E-state index < -0.39 is 0 Å². The molecule has 0 fully saturated rings. The summed E-state index contributed by atoms with van der Waals surface area (Å²) in [5.41, 5.74) is 0. The third-order valence-electron chi connectivity index (χ3n) is 1.76. The van der Waals surface area contributed by atoms with Crippen molar-refractivity contribution in [3.8, 4) is 0 Å². The molecule has 14 heavy (non-hydrogen) atoms. The lowest BCUT2D eigenvalue weighted by atomic mass is 10.3. The van der Waals surface area contributed by atoms with Gasteiger partial charge in [0.15, 0.2) is 0 Å². The van der Waals surface area contributed by atoms with E-state index in [-0.39, 0.29) is 17.9 Å². The van der Waals surface area contributed by atoms with Gasteiger partial charge < -0.3 is 10.6 Å². The zero-order valence-corrected chi connectivity index (χ0v) is 9.74. The van der Waals surface area contributed by atoms with Crippen molar-refractivity contribution in [3.05, 3.63) is 0 Å². The zero-order valence-electron chi connectivity index (χ0n) is 8.92. The molecule has 0 radical (unpaired) electrons. The maximum absolute atomic E-state index is 11.2. The van der Waals surface area contributed by atoms with Gasteiger partial charge in [-0.1, -0.05) is 6.92 Å². The molecule has 0 aromatic heterocycles. The minimum Gasteiger partial charge on any atom is -0.358 e. The number of thioether (sulfide) groups is 1. The van der Waals surface area contributed by atoms with Gasteiger partial charge in [0.1, 0.15) is 0 Å². The number of carbonyl (C=O) groups is 2. The normalized spacial score (nSPS) is 11.9. The van der Waals surface area contributed by atoms with Crippen molar-refractivity contribution in [3.63, 3.8) is 0 Å². The second kappa shape index (κ2) is 7.67. The highest BCUT2D eigenvalue weighted by Crippen LogP contribution is 1.99. The molecule has 0 aliphatic heterocycles. The lowest BCUT2D eigenvalue weighted by molar-refractivity contribution is -0.119. The van der Waals surface area contributed by atoms with Crippen molar-refractivity contribution in [1.29, 1.82) is 0 Å². The lowest BCUT2D eigenvalue weighted by Gasteiger charge is -2.10. The topological polar surface area (TPSA) is 58.2 Å². The second-order valence-electron chi connectivity index (χ2n) is 3.04. The molecule has 0 aromatic carbocycles. The third-order valence-corrected chi connectivity index (χ3v) is 2.70. The van der Waals surface area contributed by atoms with E-state index in [2.05, 4.69) is 10.6 Å². The molecule has 0 saturated heterocycles. The summed E-state index contributed by atoms with van der Waals surface area (Å²) in [6, 6.07) is 0.211. The first-order valence-electron chi connectivity index (χ1n) is 4.67. The van der Waals surface area contributed by atoms with Crippen molar-refractivity contribution in [2.75, 3.05) is 18.6 Å². The number of hydrogen-bond donors (Lipinski definition) is 2. The average molecular weight is 218 g/mol. The second-order valence-corrected chi connectivity index (χ2v) is 4.03. The van der Waals surface area contributed by atoms with Crippen LogP contribution in [0.1, 0.15) is 20.3 Å². The Hall–Kier alpha value is -0.710. The number of rotatable bonds is 6. The molecule has 0 unspecified atom stereocenters. The number of carbonyl (C=O) groups excluding carboxylic acids is 2. The molecule has 0 aliphatic rings. The zero-order chi connectivity index (χ0) is 11.0. The Kier molecular flexibility index (Phi) is 7.28. The van der Waals surface area contributed by atoms with E-state index in [9.17, 15) is 9.59 Å². The van der Waals surface area contributed by atoms with Gasteiger partial charge in [-0.2, -0.15) is 0 Å². The van der Waals surface area contributed by atoms with Crippen LogP contribution in [0.25, 0.3) is 0 Å². The van der Waals surface area contributed by atoms with Crippen LogP contribution < -0.4 is 10.6 Å². The summed E-state index contributed by atoms with van der Waals surface area (Å²) in [6.45, 7) is 3.98. The quantitative estimate of drug-likeness (QED) is 0.677. The fourth-order valence-corrected chi connectivity index (χ4v) is 1.43. The Bertz CT molecular complexity index is 197. The molecule has 2 amide bonds. The SMILES string of the molecule is CC[C@H](C)NC(=O)CSCC(=O)NC. The lowest BCUT2D eigenvalue weighted by Crippen LogP contribution is -2.33. The van der Waals surface area contributed by atoms with Crippen molar-refractivity contribution in [1.82, 2.24) is 10.6 Å². The minimum atomic E-state index is -0.0497. The molecule has 0 aromatic rings. The van der Waals surface area contributed by atoms with E-state index in [0.29, 0.717) is 11.5 Å². The van der Waals surface area contributed by atoms with Crippen LogP contribution in [-0.2, 0) is 9.59 Å². The average Bonchev–Trinajstić information content (AvgIpc) is 2.17. The standard InChI is InChI=1S/C9H18N2O2S/c1-4-7(2)11-9(13)6-14-5-8(12)10-3/h7H,4-6H2,1-3H3,(H,10,12)(H,11,13)/t7-/m0/s1. The number of nitrogens with one attached hydrogen (secondary N) is 2. The Morgan fingerprint density at radius 3 is 2.36 bits per heavy atom. The first kappa shape index (κ1) is 13.3. The molecule has 0 heterocycles. The Labute approximate surface area is 89.2 Å². The number of amides is 2. The van der Waals surface area contributed by atoms with Crippen molar-refractivity contribution >= 4 is 23.6 Å². The Morgan fingerprint density at radius 1 is 1.29 bits per heavy atom. The highest BCUT2D eigenvalue weighted by molar-refractivity contribution is 8.00. The molecule has 4 nitrogen and oxygen atoms in total. The van der Waals surface area contributed by atoms with Crippen LogP contribution in [0, 0.1) is 0 Å². The molecule has 1 atom stereocenters. The van der Waals surface area contributed by atoms with E-state index >= 15 is 0 Å². The van der Waals surface area contributed by atoms with Crippen LogP contribution in [0.4, 0.5) is 0 Å². The summed E-state index contributed by atoms with van der Waals surface area (Å²) in [5.74, 6) is 0.627. The predicted molar refractivity (Wildman–Crippen MR) is 59.3 cm³/mol. The maximum atomic E-state index is 11.2. The van der Waals surface area contributed by atoms with E-state index in [1.54, 1.807) is 7.05 Å². The third kappa shape index (κ3) is 6.77. The van der Waals surface area contributed by atoms with Crippen LogP contribution in [0.5, 0.6) is 0 Å². The van der Waals surface area contributed by atoms with Crippen molar-refractivity contribution in [2.45, 2.75) is 26.3 Å². The molecular formula is C9H18N2O2S. The first-order valence-corrected chi connectivity index (χ1v) is 5.83. The van der Waals surface area contributed by atoms with Gasteiger partial charge in [0.25, 0.3) is 0 Å². The van der Waals surface area contributed by atoms with Crippen LogP contribution >= 0.6 is 11.8 Å². The van der Waals surface area contributed by atoms with Gasteiger partial charge in [-0.05, 0) is 13.3 Å². The molecule has 0 rings (SSSR count). The molecule has 0 saturated carbocycles. The monoisotopic (exact) mass is 218 g/mol. The molecule has 82 valence electrons. The van der Waals surface area contributed by atoms with Gasteiger partial charge >= 0.3 is 0 Å². The van der Waals surface area contributed by atoms with Crippen LogP contribution in [0.3, 0.4) is 0 Å². The summed E-state index contributed by atoms with van der Waals surface area (Å²) in [6.07, 6.45) is 0.922. The van der Waals surface area contributed by atoms with Gasteiger partial charge in [0.2, 0.25) is 11.8 Å². The van der Waals surface area contributed by atoms with Gasteiger partial charge in [0, 0.05) is 13.1 Å². The summed E-state index contributed by atoms with van der Waals surface area (Å²) in [5, 5.41) is 5.33. The van der Waals surface area contributed by atoms with E-state index in [1.807, 2.05) is 13.8 Å². The van der Waals surface area contributed by atoms with E-state index in [4.69, 9.17) is 0 Å². The molecule has 0 bridgehead atoms. The first-order chi connectivity index (χ1) is 6.60. The Balaban J connectivity index is 3.49. The van der Waals surface area contributed by atoms with E-state index in [1.165, 1.54) is 11.8 Å². The number of hydrogen-bond acceptors (Lipinski definition) is 3. The maximum Gasteiger partial charge on any atom is 0.230 e. The van der Waals surface area contributed by atoms with Crippen LogP contribution in [0.15, 0.2) is 0 Å².